The van der Waals surface area contributed by atoms with E-state index in [-0.39, 0.29) is 6.04 Å². The van der Waals surface area contributed by atoms with Crippen LogP contribution in [0.3, 0.4) is 0 Å². The normalized spacial score (nSPS) is 12.4. The van der Waals surface area contributed by atoms with Crippen molar-refractivity contribution in [3.63, 3.8) is 0 Å². The van der Waals surface area contributed by atoms with Gasteiger partial charge in [0.2, 0.25) is 0 Å². The lowest BCUT2D eigenvalue weighted by Crippen LogP contribution is -2.09. The molecule has 2 aromatic rings. The van der Waals surface area contributed by atoms with Gasteiger partial charge in [-0.2, -0.15) is 0 Å². The van der Waals surface area contributed by atoms with E-state index in [1.807, 2.05) is 38.4 Å². The number of hydrogen-bond donors (Lipinski definition) is 2. The van der Waals surface area contributed by atoms with Gasteiger partial charge in [-0.25, -0.2) is 9.97 Å². The van der Waals surface area contributed by atoms with Gasteiger partial charge in [0.15, 0.2) is 0 Å². The Morgan fingerprint density at radius 1 is 1.33 bits per heavy atom. The van der Waals surface area contributed by atoms with Gasteiger partial charge in [-0.05, 0) is 25.5 Å². The molecule has 0 aromatic carbocycles. The van der Waals surface area contributed by atoms with Gasteiger partial charge in [-0.1, -0.05) is 6.07 Å². The van der Waals surface area contributed by atoms with Gasteiger partial charge in [-0.15, -0.1) is 0 Å². The summed E-state index contributed by atoms with van der Waals surface area (Å²) in [5.74, 6) is 1.78. The second kappa shape index (κ2) is 4.13. The number of aryl methyl sites for hydroxylation is 1. The first kappa shape index (κ1) is 9.71. The summed E-state index contributed by atoms with van der Waals surface area (Å²) in [5.41, 5.74) is 1.16. The van der Waals surface area contributed by atoms with E-state index in [0.29, 0.717) is 0 Å². The molecular formula is C11H14N4. The van der Waals surface area contributed by atoms with Crippen molar-refractivity contribution in [2.45, 2.75) is 19.9 Å². The molecule has 2 heterocycles. The summed E-state index contributed by atoms with van der Waals surface area (Å²) in [4.78, 5) is 11.5. The second-order valence-electron chi connectivity index (χ2n) is 3.56. The molecule has 2 N–H and O–H groups in total. The maximum Gasteiger partial charge on any atom is 0.128 e. The summed E-state index contributed by atoms with van der Waals surface area (Å²) in [5, 5.41) is 3.27. The molecule has 2 aromatic heterocycles. The molecule has 1 unspecified atom stereocenters. The predicted octanol–water partition coefficient (Wildman–Crippen LogP) is 2.29. The number of imidazole rings is 1. The Balaban J connectivity index is 2.06. The molecule has 2 rings (SSSR count). The van der Waals surface area contributed by atoms with Crippen molar-refractivity contribution in [1.82, 2.24) is 15.0 Å². The standard InChI is InChI=1S/C11H14N4/c1-8-3-4-10(14-7-8)15-9(2)11-12-5-6-13-11/h3-7,9H,1-2H3,(H,12,13)(H,14,15). The van der Waals surface area contributed by atoms with Crippen molar-refractivity contribution in [2.24, 2.45) is 0 Å². The lowest BCUT2D eigenvalue weighted by Gasteiger charge is -2.11. The first-order chi connectivity index (χ1) is 7.25. The molecule has 0 spiro atoms. The van der Waals surface area contributed by atoms with Crippen molar-refractivity contribution < 1.29 is 0 Å². The van der Waals surface area contributed by atoms with Crippen LogP contribution in [0.2, 0.25) is 0 Å². The van der Waals surface area contributed by atoms with Gasteiger partial charge in [-0.3, -0.25) is 0 Å². The molecule has 1 atom stereocenters. The molecule has 0 aliphatic rings. The number of nitrogens with zero attached hydrogens (tertiary/aromatic N) is 2. The Morgan fingerprint density at radius 2 is 2.20 bits per heavy atom. The predicted molar refractivity (Wildman–Crippen MR) is 59.6 cm³/mol. The third kappa shape index (κ3) is 2.34. The van der Waals surface area contributed by atoms with Gasteiger partial charge >= 0.3 is 0 Å². The molecule has 0 fully saturated rings. The van der Waals surface area contributed by atoms with E-state index in [1.165, 1.54) is 0 Å². The number of pyridine rings is 1. The molecule has 0 amide bonds. The Kier molecular flexibility index (Phi) is 2.67. The van der Waals surface area contributed by atoms with Crippen LogP contribution in [-0.4, -0.2) is 15.0 Å². The minimum Gasteiger partial charge on any atom is -0.360 e. The third-order valence-electron chi connectivity index (χ3n) is 2.21. The van der Waals surface area contributed by atoms with Crippen molar-refractivity contribution in [1.29, 1.82) is 0 Å². The van der Waals surface area contributed by atoms with Crippen LogP contribution in [0.25, 0.3) is 0 Å². The molecule has 0 saturated heterocycles. The molecule has 0 radical (unpaired) electrons. The van der Waals surface area contributed by atoms with E-state index in [4.69, 9.17) is 0 Å². The summed E-state index contributed by atoms with van der Waals surface area (Å²) >= 11 is 0. The van der Waals surface area contributed by atoms with Crippen molar-refractivity contribution in [2.75, 3.05) is 5.32 Å². The second-order valence-corrected chi connectivity index (χ2v) is 3.56. The van der Waals surface area contributed by atoms with E-state index in [1.54, 1.807) is 6.20 Å². The molecule has 4 heteroatoms. The fraction of sp³-hybridized carbons (Fsp3) is 0.273. The molecule has 0 aliphatic carbocycles. The summed E-state index contributed by atoms with van der Waals surface area (Å²) in [6.45, 7) is 4.06. The molecule has 0 bridgehead atoms. The highest BCUT2D eigenvalue weighted by Gasteiger charge is 2.07. The average molecular weight is 202 g/mol. The molecular weight excluding hydrogens is 188 g/mol. The van der Waals surface area contributed by atoms with Gasteiger partial charge < -0.3 is 10.3 Å². The van der Waals surface area contributed by atoms with Crippen LogP contribution >= 0.6 is 0 Å². The Labute approximate surface area is 88.8 Å². The van der Waals surface area contributed by atoms with Crippen LogP contribution in [-0.2, 0) is 0 Å². The third-order valence-corrected chi connectivity index (χ3v) is 2.21. The number of rotatable bonds is 3. The molecule has 0 aliphatic heterocycles. The number of aromatic nitrogens is 3. The van der Waals surface area contributed by atoms with Gasteiger partial charge in [0.05, 0.1) is 6.04 Å². The van der Waals surface area contributed by atoms with Crippen LogP contribution in [0.15, 0.2) is 30.7 Å². The maximum absolute atomic E-state index is 4.28. The van der Waals surface area contributed by atoms with Crippen molar-refractivity contribution in [3.8, 4) is 0 Å². The van der Waals surface area contributed by atoms with E-state index >= 15 is 0 Å². The highest BCUT2D eigenvalue weighted by atomic mass is 15.1. The molecule has 0 saturated carbocycles. The van der Waals surface area contributed by atoms with Gasteiger partial charge in [0, 0.05) is 18.6 Å². The Bertz CT molecular complexity index is 405. The zero-order valence-electron chi connectivity index (χ0n) is 8.86. The number of hydrogen-bond acceptors (Lipinski definition) is 3. The average Bonchev–Trinajstić information content (AvgIpc) is 2.74. The molecule has 15 heavy (non-hydrogen) atoms. The number of aromatic amines is 1. The van der Waals surface area contributed by atoms with Crippen molar-refractivity contribution >= 4 is 5.82 Å². The highest BCUT2D eigenvalue weighted by Crippen LogP contribution is 2.13. The van der Waals surface area contributed by atoms with E-state index in [0.717, 1.165) is 17.2 Å². The lowest BCUT2D eigenvalue weighted by atomic mass is 10.3. The summed E-state index contributed by atoms with van der Waals surface area (Å²) in [7, 11) is 0. The van der Waals surface area contributed by atoms with Crippen LogP contribution in [0.5, 0.6) is 0 Å². The zero-order valence-corrected chi connectivity index (χ0v) is 8.86. The fourth-order valence-electron chi connectivity index (χ4n) is 1.36. The Hall–Kier alpha value is -1.84. The van der Waals surface area contributed by atoms with E-state index < -0.39 is 0 Å². The first-order valence-electron chi connectivity index (χ1n) is 4.94. The fourth-order valence-corrected chi connectivity index (χ4v) is 1.36. The van der Waals surface area contributed by atoms with E-state index in [9.17, 15) is 0 Å². The highest BCUT2D eigenvalue weighted by molar-refractivity contribution is 5.36. The Morgan fingerprint density at radius 3 is 2.80 bits per heavy atom. The van der Waals surface area contributed by atoms with Crippen LogP contribution in [0.4, 0.5) is 5.82 Å². The monoisotopic (exact) mass is 202 g/mol. The zero-order chi connectivity index (χ0) is 10.7. The molecule has 4 nitrogen and oxygen atoms in total. The minimum atomic E-state index is 0.134. The van der Waals surface area contributed by atoms with Crippen LogP contribution in [0.1, 0.15) is 24.4 Å². The number of H-pyrrole nitrogens is 1. The van der Waals surface area contributed by atoms with Gasteiger partial charge in [0.1, 0.15) is 11.6 Å². The number of anilines is 1. The SMILES string of the molecule is Cc1ccc(NC(C)c2ncc[nH]2)nc1. The minimum absolute atomic E-state index is 0.134. The summed E-state index contributed by atoms with van der Waals surface area (Å²) in [6.07, 6.45) is 5.41. The van der Waals surface area contributed by atoms with Crippen molar-refractivity contribution in [3.05, 3.63) is 42.1 Å². The van der Waals surface area contributed by atoms with E-state index in [2.05, 4.69) is 20.3 Å². The lowest BCUT2D eigenvalue weighted by molar-refractivity contribution is 0.803. The van der Waals surface area contributed by atoms with Crippen LogP contribution < -0.4 is 5.32 Å². The number of nitrogens with one attached hydrogen (secondary N) is 2. The first-order valence-corrected chi connectivity index (χ1v) is 4.94. The maximum atomic E-state index is 4.28. The summed E-state index contributed by atoms with van der Waals surface area (Å²) in [6, 6.07) is 4.13. The molecule has 78 valence electrons. The topological polar surface area (TPSA) is 53.6 Å². The largest absolute Gasteiger partial charge is 0.360 e. The van der Waals surface area contributed by atoms with Crippen LogP contribution in [0, 0.1) is 6.92 Å². The summed E-state index contributed by atoms with van der Waals surface area (Å²) < 4.78 is 0. The quantitative estimate of drug-likeness (QED) is 0.802. The smallest absolute Gasteiger partial charge is 0.128 e. The van der Waals surface area contributed by atoms with Gasteiger partial charge in [0.25, 0.3) is 0 Å².